The molecule has 1 N–H and O–H groups in total. The summed E-state index contributed by atoms with van der Waals surface area (Å²) in [6.07, 6.45) is 0.384. The van der Waals surface area contributed by atoms with Gasteiger partial charge in [-0.3, -0.25) is 4.79 Å². The molecule has 0 aliphatic carbocycles. The molecule has 14 heavy (non-hydrogen) atoms. The summed E-state index contributed by atoms with van der Waals surface area (Å²) in [6, 6.07) is 0. The van der Waals surface area contributed by atoms with Gasteiger partial charge in [-0.25, -0.2) is 0 Å². The van der Waals surface area contributed by atoms with Gasteiger partial charge in [0.1, 0.15) is 11.5 Å². The first-order valence-electron chi connectivity index (χ1n) is 4.40. The summed E-state index contributed by atoms with van der Waals surface area (Å²) in [4.78, 5) is 10.6. The van der Waals surface area contributed by atoms with Crippen molar-refractivity contribution in [3.8, 4) is 0 Å². The number of carboxylic acids is 1. The van der Waals surface area contributed by atoms with E-state index in [0.29, 0.717) is 23.0 Å². The topological polar surface area (TPSA) is 50.4 Å². The summed E-state index contributed by atoms with van der Waals surface area (Å²) in [6.45, 7) is 5.25. The quantitative estimate of drug-likeness (QED) is 0.845. The minimum absolute atomic E-state index is 0.384. The van der Waals surface area contributed by atoms with Crippen molar-refractivity contribution in [2.45, 2.75) is 27.2 Å². The number of hydrogen-bond donors (Lipinski definition) is 1. The van der Waals surface area contributed by atoms with Crippen LogP contribution < -0.4 is 0 Å². The molecule has 1 rings (SSSR count). The second-order valence-corrected chi connectivity index (χ2v) is 3.84. The standard InChI is InChI=1S/C10H13ClO3/c1-5(10(12)13)4-8-6(2)9(11)7(3)14-8/h5H,4H2,1-3H3,(H,12,13). The predicted octanol–water partition coefficient (Wildman–Crippen LogP) is 2.81. The molecule has 1 atom stereocenters. The summed E-state index contributed by atoms with van der Waals surface area (Å²) in [5, 5.41) is 9.33. The van der Waals surface area contributed by atoms with Crippen molar-refractivity contribution in [3.63, 3.8) is 0 Å². The third-order valence-corrected chi connectivity index (χ3v) is 2.80. The smallest absolute Gasteiger partial charge is 0.306 e. The molecule has 1 aromatic heterocycles. The lowest BCUT2D eigenvalue weighted by Gasteiger charge is -2.03. The van der Waals surface area contributed by atoms with Crippen molar-refractivity contribution in [1.82, 2.24) is 0 Å². The Labute approximate surface area is 87.7 Å². The maximum Gasteiger partial charge on any atom is 0.306 e. The Hall–Kier alpha value is -0.960. The average molecular weight is 217 g/mol. The second kappa shape index (κ2) is 4.05. The van der Waals surface area contributed by atoms with Gasteiger partial charge in [0.2, 0.25) is 0 Å². The highest BCUT2D eigenvalue weighted by Gasteiger charge is 2.18. The van der Waals surface area contributed by atoms with Crippen molar-refractivity contribution in [1.29, 1.82) is 0 Å². The lowest BCUT2D eigenvalue weighted by molar-refractivity contribution is -0.141. The molecule has 0 amide bonds. The fourth-order valence-electron chi connectivity index (χ4n) is 1.25. The van der Waals surface area contributed by atoms with E-state index in [0.717, 1.165) is 5.56 Å². The van der Waals surface area contributed by atoms with Gasteiger partial charge >= 0.3 is 5.97 Å². The first-order chi connectivity index (χ1) is 6.43. The third-order valence-electron chi connectivity index (χ3n) is 2.25. The minimum atomic E-state index is -0.824. The molecule has 0 spiro atoms. The van der Waals surface area contributed by atoms with Crippen molar-refractivity contribution in [2.24, 2.45) is 5.92 Å². The number of rotatable bonds is 3. The maximum absolute atomic E-state index is 10.6. The SMILES string of the molecule is Cc1oc(CC(C)C(=O)O)c(C)c1Cl. The van der Waals surface area contributed by atoms with E-state index < -0.39 is 11.9 Å². The van der Waals surface area contributed by atoms with Gasteiger partial charge in [-0.1, -0.05) is 18.5 Å². The van der Waals surface area contributed by atoms with E-state index in [1.54, 1.807) is 13.8 Å². The molecule has 0 saturated heterocycles. The lowest BCUT2D eigenvalue weighted by Crippen LogP contribution is -2.12. The van der Waals surface area contributed by atoms with Crippen LogP contribution in [0.4, 0.5) is 0 Å². The van der Waals surface area contributed by atoms with Crippen molar-refractivity contribution in [2.75, 3.05) is 0 Å². The van der Waals surface area contributed by atoms with Crippen molar-refractivity contribution >= 4 is 17.6 Å². The number of aliphatic carboxylic acids is 1. The van der Waals surface area contributed by atoms with Crippen LogP contribution in [0, 0.1) is 19.8 Å². The van der Waals surface area contributed by atoms with Crippen LogP contribution in [-0.2, 0) is 11.2 Å². The fraction of sp³-hybridized carbons (Fsp3) is 0.500. The Morgan fingerprint density at radius 3 is 2.50 bits per heavy atom. The highest BCUT2D eigenvalue weighted by atomic mass is 35.5. The fourth-order valence-corrected chi connectivity index (χ4v) is 1.40. The van der Waals surface area contributed by atoms with Gasteiger partial charge < -0.3 is 9.52 Å². The normalized spacial score (nSPS) is 12.9. The van der Waals surface area contributed by atoms with Gasteiger partial charge in [-0.2, -0.15) is 0 Å². The minimum Gasteiger partial charge on any atom is -0.481 e. The first kappa shape index (κ1) is 11.1. The number of halogens is 1. The molecule has 0 bridgehead atoms. The van der Waals surface area contributed by atoms with Gasteiger partial charge in [-0.15, -0.1) is 0 Å². The number of aryl methyl sites for hydroxylation is 1. The molecule has 78 valence electrons. The summed E-state index contributed by atoms with van der Waals surface area (Å²) in [5.41, 5.74) is 0.845. The van der Waals surface area contributed by atoms with Crippen LogP contribution in [0.3, 0.4) is 0 Å². The predicted molar refractivity (Wildman–Crippen MR) is 53.7 cm³/mol. The Balaban J connectivity index is 2.87. The van der Waals surface area contributed by atoms with E-state index >= 15 is 0 Å². The number of carboxylic acid groups (broad SMARTS) is 1. The van der Waals surface area contributed by atoms with Crippen LogP contribution in [0.15, 0.2) is 4.42 Å². The Morgan fingerprint density at radius 2 is 2.14 bits per heavy atom. The summed E-state index contributed by atoms with van der Waals surface area (Å²) in [7, 11) is 0. The molecular weight excluding hydrogens is 204 g/mol. The van der Waals surface area contributed by atoms with Crippen LogP contribution in [0.5, 0.6) is 0 Å². The highest BCUT2D eigenvalue weighted by Crippen LogP contribution is 2.27. The van der Waals surface area contributed by atoms with E-state index in [9.17, 15) is 4.79 Å². The highest BCUT2D eigenvalue weighted by molar-refractivity contribution is 6.32. The van der Waals surface area contributed by atoms with E-state index in [-0.39, 0.29) is 0 Å². The third kappa shape index (κ3) is 2.10. The molecule has 1 unspecified atom stereocenters. The summed E-state index contributed by atoms with van der Waals surface area (Å²) < 4.78 is 5.37. The van der Waals surface area contributed by atoms with Crippen LogP contribution in [0.2, 0.25) is 5.02 Å². The average Bonchev–Trinajstić information content (AvgIpc) is 2.33. The molecule has 1 aromatic rings. The number of furan rings is 1. The van der Waals surface area contributed by atoms with Gasteiger partial charge in [0.25, 0.3) is 0 Å². The van der Waals surface area contributed by atoms with Crippen LogP contribution >= 0.6 is 11.6 Å². The zero-order valence-corrected chi connectivity index (χ0v) is 9.18. The molecule has 3 nitrogen and oxygen atoms in total. The Kier molecular flexibility index (Phi) is 3.21. The monoisotopic (exact) mass is 216 g/mol. The zero-order chi connectivity index (χ0) is 10.9. The molecule has 0 aliphatic heterocycles. The van der Waals surface area contributed by atoms with Gasteiger partial charge in [0.05, 0.1) is 10.9 Å². The molecule has 0 aromatic carbocycles. The number of carbonyl (C=O) groups is 1. The van der Waals surface area contributed by atoms with Gasteiger partial charge in [0.15, 0.2) is 0 Å². The van der Waals surface area contributed by atoms with E-state index in [1.807, 2.05) is 6.92 Å². The van der Waals surface area contributed by atoms with Crippen LogP contribution in [0.25, 0.3) is 0 Å². The molecule has 0 radical (unpaired) electrons. The summed E-state index contributed by atoms with van der Waals surface area (Å²) >= 11 is 5.92. The second-order valence-electron chi connectivity index (χ2n) is 3.46. The van der Waals surface area contributed by atoms with E-state index in [4.69, 9.17) is 21.1 Å². The Morgan fingerprint density at radius 1 is 1.57 bits per heavy atom. The molecule has 1 heterocycles. The molecule has 0 saturated carbocycles. The van der Waals surface area contributed by atoms with Crippen molar-refractivity contribution < 1.29 is 14.3 Å². The van der Waals surface area contributed by atoms with Gasteiger partial charge in [-0.05, 0) is 13.8 Å². The largest absolute Gasteiger partial charge is 0.481 e. The summed E-state index contributed by atoms with van der Waals surface area (Å²) in [5.74, 6) is 0.0454. The first-order valence-corrected chi connectivity index (χ1v) is 4.78. The molecular formula is C10H13ClO3. The zero-order valence-electron chi connectivity index (χ0n) is 8.43. The number of hydrogen-bond acceptors (Lipinski definition) is 2. The Bertz CT molecular complexity index is 354. The van der Waals surface area contributed by atoms with Gasteiger partial charge in [0, 0.05) is 12.0 Å². The van der Waals surface area contributed by atoms with Crippen LogP contribution in [-0.4, -0.2) is 11.1 Å². The van der Waals surface area contributed by atoms with E-state index in [1.165, 1.54) is 0 Å². The molecule has 0 aliphatic rings. The molecule has 0 fully saturated rings. The van der Waals surface area contributed by atoms with Crippen molar-refractivity contribution in [3.05, 3.63) is 22.1 Å². The van der Waals surface area contributed by atoms with Crippen LogP contribution in [0.1, 0.15) is 24.0 Å². The lowest BCUT2D eigenvalue weighted by atomic mass is 10.0. The van der Waals surface area contributed by atoms with E-state index in [2.05, 4.69) is 0 Å². The molecule has 4 heteroatoms. The maximum atomic E-state index is 10.6.